The van der Waals surface area contributed by atoms with Crippen LogP contribution in [0.2, 0.25) is 0 Å². The van der Waals surface area contributed by atoms with Gasteiger partial charge in [-0.05, 0) is 49.3 Å². The van der Waals surface area contributed by atoms with Crippen LogP contribution in [0.15, 0.2) is 24.3 Å². The Morgan fingerprint density at radius 1 is 0.783 bits per heavy atom. The number of Topliss-reactive ketones (excluding diaryl/α,β-unsaturated/α-hetero) is 1. The third-order valence-corrected chi connectivity index (χ3v) is 7.24. The Kier molecular flexibility index (Phi) is 19.6. The van der Waals surface area contributed by atoms with E-state index in [0.717, 1.165) is 31.2 Å². The number of primary amides is 1. The van der Waals surface area contributed by atoms with Gasteiger partial charge in [0, 0.05) is 37.4 Å². The highest BCUT2D eigenvalue weighted by atomic mass is 16.6. The highest BCUT2D eigenvalue weighted by Gasteiger charge is 2.29. The molecule has 2 atom stereocenters. The van der Waals surface area contributed by atoms with Crippen molar-refractivity contribution in [2.45, 2.75) is 118 Å². The first kappa shape index (κ1) is 40.0. The number of hydrogen-bond donors (Lipinski definition) is 6. The number of rotatable bonds is 23. The number of carbonyl (C=O) groups is 6. The second kappa shape index (κ2) is 22.5. The van der Waals surface area contributed by atoms with Crippen LogP contribution in [-0.4, -0.2) is 54.1 Å². The number of hydrogen-bond acceptors (Lipinski definition) is 7. The lowest BCUT2D eigenvalue weighted by molar-refractivity contribution is -0.134. The maximum Gasteiger partial charge on any atom is 0.312 e. The number of urea groups is 1. The zero-order valence-corrected chi connectivity index (χ0v) is 28.0. The number of nitrogens with two attached hydrogens (primary N) is 1. The van der Waals surface area contributed by atoms with Gasteiger partial charge >= 0.3 is 6.03 Å². The Hall–Kier alpha value is -4.00. The van der Waals surface area contributed by atoms with Crippen molar-refractivity contribution in [3.63, 3.8) is 0 Å². The summed E-state index contributed by atoms with van der Waals surface area (Å²) in [6.07, 6.45) is 5.73. The van der Waals surface area contributed by atoms with E-state index in [0.29, 0.717) is 24.9 Å². The summed E-state index contributed by atoms with van der Waals surface area (Å²) in [5, 5.41) is 10.7. The van der Waals surface area contributed by atoms with E-state index in [4.69, 9.17) is 10.6 Å². The molecule has 13 heteroatoms. The first-order valence-corrected chi connectivity index (χ1v) is 16.3. The van der Waals surface area contributed by atoms with Crippen molar-refractivity contribution in [1.29, 1.82) is 0 Å². The number of nitrogens with one attached hydrogen (secondary N) is 5. The molecule has 0 aliphatic heterocycles. The average molecular weight is 647 g/mol. The lowest BCUT2D eigenvalue weighted by Crippen LogP contribution is -2.54. The third-order valence-electron chi connectivity index (χ3n) is 7.24. The van der Waals surface area contributed by atoms with Crippen LogP contribution < -0.4 is 32.5 Å². The van der Waals surface area contributed by atoms with Crippen LogP contribution in [0.25, 0.3) is 0 Å². The highest BCUT2D eigenvalue weighted by molar-refractivity contribution is 5.98. The number of ketones is 1. The quantitative estimate of drug-likeness (QED) is 0.0771. The summed E-state index contributed by atoms with van der Waals surface area (Å²) in [5.41, 5.74) is 8.83. The van der Waals surface area contributed by atoms with Crippen molar-refractivity contribution in [2.75, 3.05) is 11.9 Å². The molecule has 6 amide bonds. The van der Waals surface area contributed by atoms with Crippen LogP contribution in [0.1, 0.15) is 104 Å². The molecule has 1 aromatic carbocycles. The Balaban J connectivity index is 2.78. The molecule has 13 nitrogen and oxygen atoms in total. The molecule has 0 spiro atoms. The number of carbonyl (C=O) groups excluding carboxylic acids is 6. The zero-order chi connectivity index (χ0) is 34.5. The maximum atomic E-state index is 13.3. The Morgan fingerprint density at radius 3 is 2.07 bits per heavy atom. The molecule has 0 bridgehead atoms. The third kappa shape index (κ3) is 17.5. The molecule has 0 heterocycles. The Morgan fingerprint density at radius 2 is 1.46 bits per heavy atom. The van der Waals surface area contributed by atoms with E-state index in [2.05, 4.69) is 33.7 Å². The molecule has 258 valence electrons. The lowest BCUT2D eigenvalue weighted by atomic mass is 10.0. The standard InChI is InChI=1S/C33H54N6O7/c1-6-7-8-9-14-29(42)39-46-21-24-16-18-25(19-17-24)36-31(43)26(12-11-20-35-33(34)45)37-32(44)30(23(4)5)38-28(41)15-10-13-27(40)22(2)3/h16-19,22-23,26,30H,6-15,20-21H2,1-5H3,(H,36,43)(H,37,44)(H,38,41)(H,39,42)(H3,34,35,45)/t26-,30-/m0/s1. The van der Waals surface area contributed by atoms with Gasteiger partial charge in [-0.25, -0.2) is 10.3 Å². The van der Waals surface area contributed by atoms with Crippen LogP contribution in [0.5, 0.6) is 0 Å². The first-order chi connectivity index (χ1) is 21.8. The minimum Gasteiger partial charge on any atom is -0.352 e. The summed E-state index contributed by atoms with van der Waals surface area (Å²) in [6.45, 7) is 9.64. The fourth-order valence-corrected chi connectivity index (χ4v) is 4.42. The number of anilines is 1. The topological polar surface area (TPSA) is 198 Å². The molecule has 0 radical (unpaired) electrons. The molecule has 1 aromatic rings. The van der Waals surface area contributed by atoms with Crippen LogP contribution >= 0.6 is 0 Å². The van der Waals surface area contributed by atoms with Crippen molar-refractivity contribution >= 4 is 41.1 Å². The summed E-state index contributed by atoms with van der Waals surface area (Å²) in [7, 11) is 0. The van der Waals surface area contributed by atoms with Crippen molar-refractivity contribution in [1.82, 2.24) is 21.4 Å². The van der Waals surface area contributed by atoms with Gasteiger partial charge in [-0.3, -0.25) is 28.8 Å². The summed E-state index contributed by atoms with van der Waals surface area (Å²) in [5.74, 6) is -1.83. The smallest absolute Gasteiger partial charge is 0.312 e. The Bertz CT molecular complexity index is 1120. The van der Waals surface area contributed by atoms with Gasteiger partial charge in [-0.1, -0.05) is 66.0 Å². The maximum absolute atomic E-state index is 13.3. The number of amides is 6. The molecule has 0 aromatic heterocycles. The van der Waals surface area contributed by atoms with Crippen molar-refractivity contribution in [2.24, 2.45) is 17.6 Å². The molecule has 0 saturated carbocycles. The van der Waals surface area contributed by atoms with Gasteiger partial charge in [-0.2, -0.15) is 0 Å². The molecule has 0 saturated heterocycles. The lowest BCUT2D eigenvalue weighted by Gasteiger charge is -2.25. The average Bonchev–Trinajstić information content (AvgIpc) is 2.99. The number of unbranched alkanes of at least 4 members (excludes halogenated alkanes) is 3. The van der Waals surface area contributed by atoms with Crippen LogP contribution in [0.3, 0.4) is 0 Å². The normalized spacial score (nSPS) is 12.2. The largest absolute Gasteiger partial charge is 0.352 e. The van der Waals surface area contributed by atoms with E-state index in [9.17, 15) is 28.8 Å². The van der Waals surface area contributed by atoms with Gasteiger partial charge in [-0.15, -0.1) is 0 Å². The van der Waals surface area contributed by atoms with E-state index in [-0.39, 0.29) is 61.8 Å². The molecule has 0 fully saturated rings. The number of benzene rings is 1. The number of hydroxylamine groups is 1. The molecule has 7 N–H and O–H groups in total. The van der Waals surface area contributed by atoms with Gasteiger partial charge in [0.25, 0.3) is 0 Å². The molecule has 1 rings (SSSR count). The van der Waals surface area contributed by atoms with Gasteiger partial charge in [0.15, 0.2) is 0 Å². The molecule has 0 aliphatic carbocycles. The Labute approximate surface area is 272 Å². The van der Waals surface area contributed by atoms with Crippen molar-refractivity contribution in [3.8, 4) is 0 Å². The SMILES string of the molecule is CCCCCCC(=O)NOCc1ccc(NC(=O)[C@H](CCCNC(N)=O)NC(=O)[C@@H](NC(=O)CCCC(=O)C(C)C)C(C)C)cc1. The zero-order valence-electron chi connectivity index (χ0n) is 28.0. The predicted octanol–water partition coefficient (Wildman–Crippen LogP) is 3.61. The van der Waals surface area contributed by atoms with E-state index >= 15 is 0 Å². The van der Waals surface area contributed by atoms with Gasteiger partial charge in [0.05, 0.1) is 6.61 Å². The summed E-state index contributed by atoms with van der Waals surface area (Å²) in [6, 6.07) is 4.27. The highest BCUT2D eigenvalue weighted by Crippen LogP contribution is 2.13. The van der Waals surface area contributed by atoms with E-state index in [1.165, 1.54) is 0 Å². The minimum atomic E-state index is -0.973. The van der Waals surface area contributed by atoms with Gasteiger partial charge in [0.2, 0.25) is 23.6 Å². The van der Waals surface area contributed by atoms with Crippen LogP contribution in [-0.2, 0) is 35.4 Å². The molecule has 0 unspecified atom stereocenters. The van der Waals surface area contributed by atoms with Gasteiger partial charge < -0.3 is 27.0 Å². The predicted molar refractivity (Wildman–Crippen MR) is 176 cm³/mol. The van der Waals surface area contributed by atoms with Gasteiger partial charge in [0.1, 0.15) is 17.9 Å². The first-order valence-electron chi connectivity index (χ1n) is 16.3. The second-order valence-corrected chi connectivity index (χ2v) is 12.1. The summed E-state index contributed by atoms with van der Waals surface area (Å²) in [4.78, 5) is 79.3. The van der Waals surface area contributed by atoms with E-state index < -0.39 is 29.9 Å². The minimum absolute atomic E-state index is 0.0746. The molecule has 46 heavy (non-hydrogen) atoms. The molecular formula is C33H54N6O7. The van der Waals surface area contributed by atoms with Crippen molar-refractivity contribution in [3.05, 3.63) is 29.8 Å². The molecule has 0 aliphatic rings. The fourth-order valence-electron chi connectivity index (χ4n) is 4.42. The fraction of sp³-hybridized carbons (Fsp3) is 0.636. The molecular weight excluding hydrogens is 592 g/mol. The summed E-state index contributed by atoms with van der Waals surface area (Å²) < 4.78 is 0. The van der Waals surface area contributed by atoms with Crippen molar-refractivity contribution < 1.29 is 33.6 Å². The van der Waals surface area contributed by atoms with E-state index in [1.807, 2.05) is 13.8 Å². The van der Waals surface area contributed by atoms with Crippen LogP contribution in [0.4, 0.5) is 10.5 Å². The van der Waals surface area contributed by atoms with E-state index in [1.54, 1.807) is 38.1 Å². The monoisotopic (exact) mass is 646 g/mol. The summed E-state index contributed by atoms with van der Waals surface area (Å²) >= 11 is 0. The second-order valence-electron chi connectivity index (χ2n) is 12.1. The van der Waals surface area contributed by atoms with Crippen LogP contribution in [0, 0.1) is 11.8 Å².